The third-order valence-electron chi connectivity index (χ3n) is 2.11. The van der Waals surface area contributed by atoms with E-state index in [9.17, 15) is 9.59 Å². The van der Waals surface area contributed by atoms with Crippen molar-refractivity contribution in [1.29, 1.82) is 0 Å². The molecular weight excluding hydrogens is 230 g/mol. The zero-order valence-corrected chi connectivity index (χ0v) is 9.70. The third-order valence-corrected chi connectivity index (χ3v) is 2.11. The molecule has 88 valence electrons. The monoisotopic (exact) mass is 243 g/mol. The van der Waals surface area contributed by atoms with Gasteiger partial charge in [0.05, 0.1) is 0 Å². The lowest BCUT2D eigenvalue weighted by Gasteiger charge is -2.24. The minimum absolute atomic E-state index is 0. The molecule has 0 spiro atoms. The number of rotatable bonds is 5. The van der Waals surface area contributed by atoms with Crippen molar-refractivity contribution >= 4 is 24.6 Å². The fourth-order valence-corrected chi connectivity index (χ4v) is 1.37. The van der Waals surface area contributed by atoms with E-state index in [4.69, 9.17) is 10.5 Å². The third kappa shape index (κ3) is 2.59. The van der Waals surface area contributed by atoms with Crippen molar-refractivity contribution in [3.8, 4) is 0 Å². The number of hydrogen-bond donors (Lipinski definition) is 1. The molecule has 16 heavy (non-hydrogen) atoms. The molecule has 1 rings (SSSR count). The first-order chi connectivity index (χ1) is 7.17. The van der Waals surface area contributed by atoms with Crippen LogP contribution in [0.4, 0.5) is 0 Å². The second-order valence-electron chi connectivity index (χ2n) is 3.02. The van der Waals surface area contributed by atoms with Crippen LogP contribution in [-0.2, 0) is 19.9 Å². The van der Waals surface area contributed by atoms with E-state index in [1.54, 1.807) is 37.3 Å². The highest BCUT2D eigenvalue weighted by Crippen LogP contribution is 2.22. The van der Waals surface area contributed by atoms with Gasteiger partial charge in [-0.05, 0) is 6.92 Å². The summed E-state index contributed by atoms with van der Waals surface area (Å²) in [5, 5.41) is 0. The largest absolute Gasteiger partial charge is 0.366 e. The summed E-state index contributed by atoms with van der Waals surface area (Å²) < 4.78 is 5.18. The normalized spacial score (nSPS) is 13.3. The van der Waals surface area contributed by atoms with E-state index in [1.807, 2.05) is 0 Å². The summed E-state index contributed by atoms with van der Waals surface area (Å²) in [6, 6.07) is 8.49. The molecule has 0 aliphatic carbocycles. The molecule has 4 nitrogen and oxygen atoms in total. The Bertz CT molecular complexity index is 356. The maximum atomic E-state index is 11.3. The highest BCUT2D eigenvalue weighted by Gasteiger charge is 2.39. The molecule has 0 aliphatic heterocycles. The van der Waals surface area contributed by atoms with Gasteiger partial charge in [-0.3, -0.25) is 9.59 Å². The topological polar surface area (TPSA) is 69.4 Å². The molecule has 0 heterocycles. The van der Waals surface area contributed by atoms with Gasteiger partial charge in [0.15, 0.2) is 6.29 Å². The predicted octanol–water partition coefficient (Wildman–Crippen LogP) is 1.02. The number of primary amides is 1. The average Bonchev–Trinajstić information content (AvgIpc) is 2.26. The van der Waals surface area contributed by atoms with E-state index in [-0.39, 0.29) is 19.0 Å². The summed E-state index contributed by atoms with van der Waals surface area (Å²) in [5.41, 5.74) is 4.00. The van der Waals surface area contributed by atoms with Crippen molar-refractivity contribution in [2.75, 3.05) is 6.61 Å². The van der Waals surface area contributed by atoms with Gasteiger partial charge in [0.25, 0.3) is 5.91 Å². The van der Waals surface area contributed by atoms with Gasteiger partial charge >= 0.3 is 0 Å². The first-order valence-corrected chi connectivity index (χ1v) is 4.63. The summed E-state index contributed by atoms with van der Waals surface area (Å²) in [5.74, 6) is -0.800. The van der Waals surface area contributed by atoms with Crippen LogP contribution < -0.4 is 5.73 Å². The SMILES string of the molecule is CCOC(C=O)(C(N)=O)c1ccccc1.Cl. The van der Waals surface area contributed by atoms with E-state index in [1.165, 1.54) is 0 Å². The second-order valence-corrected chi connectivity index (χ2v) is 3.02. The fourth-order valence-electron chi connectivity index (χ4n) is 1.37. The first kappa shape index (κ1) is 14.6. The summed E-state index contributed by atoms with van der Waals surface area (Å²) in [4.78, 5) is 22.3. The molecule has 0 saturated carbocycles. The van der Waals surface area contributed by atoms with E-state index in [0.717, 1.165) is 0 Å². The number of halogens is 1. The van der Waals surface area contributed by atoms with Gasteiger partial charge in [-0.2, -0.15) is 0 Å². The van der Waals surface area contributed by atoms with Gasteiger partial charge in [-0.25, -0.2) is 0 Å². The molecule has 5 heteroatoms. The minimum Gasteiger partial charge on any atom is -0.366 e. The number of amides is 1. The number of aldehydes is 1. The van der Waals surface area contributed by atoms with Crippen LogP contribution in [0.5, 0.6) is 0 Å². The molecule has 0 fully saturated rings. The Balaban J connectivity index is 0.00000225. The van der Waals surface area contributed by atoms with Crippen molar-refractivity contribution in [3.63, 3.8) is 0 Å². The van der Waals surface area contributed by atoms with Gasteiger partial charge in [-0.1, -0.05) is 30.3 Å². The molecular formula is C11H14ClNO3. The quantitative estimate of drug-likeness (QED) is 0.620. The Morgan fingerprint density at radius 1 is 1.44 bits per heavy atom. The highest BCUT2D eigenvalue weighted by molar-refractivity contribution is 6.00. The van der Waals surface area contributed by atoms with Crippen LogP contribution in [0.3, 0.4) is 0 Å². The molecule has 1 atom stereocenters. The van der Waals surface area contributed by atoms with Crippen LogP contribution in [-0.4, -0.2) is 18.8 Å². The Hall–Kier alpha value is -1.39. The van der Waals surface area contributed by atoms with Crippen molar-refractivity contribution < 1.29 is 14.3 Å². The Morgan fingerprint density at radius 3 is 2.38 bits per heavy atom. The molecule has 1 unspecified atom stereocenters. The standard InChI is InChI=1S/C11H13NO3.ClH/c1-2-15-11(8-13,10(12)14)9-6-4-3-5-7-9;/h3-8H,2H2,1H3,(H2,12,14);1H. The molecule has 1 aromatic rings. The molecule has 2 N–H and O–H groups in total. The lowest BCUT2D eigenvalue weighted by atomic mass is 9.94. The number of carbonyl (C=O) groups excluding carboxylic acids is 2. The zero-order valence-electron chi connectivity index (χ0n) is 8.88. The Morgan fingerprint density at radius 2 is 2.00 bits per heavy atom. The van der Waals surface area contributed by atoms with E-state index in [0.29, 0.717) is 11.8 Å². The van der Waals surface area contributed by atoms with Crippen LogP contribution in [0.25, 0.3) is 0 Å². The van der Waals surface area contributed by atoms with Crippen molar-refractivity contribution in [2.45, 2.75) is 12.5 Å². The average molecular weight is 244 g/mol. The van der Waals surface area contributed by atoms with Crippen LogP contribution in [0.15, 0.2) is 30.3 Å². The summed E-state index contributed by atoms with van der Waals surface area (Å²) in [7, 11) is 0. The summed E-state index contributed by atoms with van der Waals surface area (Å²) in [6.07, 6.45) is 0.439. The van der Waals surface area contributed by atoms with Crippen LogP contribution in [0.2, 0.25) is 0 Å². The molecule has 0 bridgehead atoms. The second kappa shape index (κ2) is 6.25. The Labute approximate surface area is 100 Å². The van der Waals surface area contributed by atoms with E-state index < -0.39 is 11.5 Å². The van der Waals surface area contributed by atoms with Crippen molar-refractivity contribution in [1.82, 2.24) is 0 Å². The maximum Gasteiger partial charge on any atom is 0.261 e. The molecule has 1 aromatic carbocycles. The maximum absolute atomic E-state index is 11.3. The molecule has 0 radical (unpaired) electrons. The fraction of sp³-hybridized carbons (Fsp3) is 0.273. The van der Waals surface area contributed by atoms with Crippen LogP contribution >= 0.6 is 12.4 Å². The first-order valence-electron chi connectivity index (χ1n) is 4.63. The molecule has 0 aromatic heterocycles. The lowest BCUT2D eigenvalue weighted by Crippen LogP contribution is -2.45. The van der Waals surface area contributed by atoms with Gasteiger partial charge in [0, 0.05) is 12.2 Å². The lowest BCUT2D eigenvalue weighted by molar-refractivity contribution is -0.151. The Kier molecular flexibility index (Phi) is 5.71. The number of hydrogen-bond acceptors (Lipinski definition) is 3. The number of carbonyl (C=O) groups is 2. The highest BCUT2D eigenvalue weighted by atomic mass is 35.5. The van der Waals surface area contributed by atoms with Gasteiger partial charge in [0.1, 0.15) is 0 Å². The van der Waals surface area contributed by atoms with E-state index >= 15 is 0 Å². The number of ether oxygens (including phenoxy) is 1. The predicted molar refractivity (Wildman–Crippen MR) is 62.3 cm³/mol. The number of nitrogens with two attached hydrogens (primary N) is 1. The van der Waals surface area contributed by atoms with Crippen molar-refractivity contribution in [2.24, 2.45) is 5.73 Å². The van der Waals surface area contributed by atoms with Gasteiger partial charge < -0.3 is 10.5 Å². The molecule has 1 amide bonds. The van der Waals surface area contributed by atoms with Crippen LogP contribution in [0, 0.1) is 0 Å². The summed E-state index contributed by atoms with van der Waals surface area (Å²) >= 11 is 0. The summed E-state index contributed by atoms with van der Waals surface area (Å²) in [6.45, 7) is 1.93. The van der Waals surface area contributed by atoms with E-state index in [2.05, 4.69) is 0 Å². The van der Waals surface area contributed by atoms with Crippen molar-refractivity contribution in [3.05, 3.63) is 35.9 Å². The number of benzene rings is 1. The van der Waals surface area contributed by atoms with Gasteiger partial charge in [0.2, 0.25) is 5.60 Å². The molecule has 0 aliphatic rings. The van der Waals surface area contributed by atoms with Gasteiger partial charge in [-0.15, -0.1) is 12.4 Å². The minimum atomic E-state index is -1.66. The smallest absolute Gasteiger partial charge is 0.261 e. The zero-order chi connectivity index (χ0) is 11.3. The van der Waals surface area contributed by atoms with Crippen LogP contribution in [0.1, 0.15) is 12.5 Å². The molecule has 0 saturated heterocycles.